The highest BCUT2D eigenvalue weighted by Crippen LogP contribution is 2.09. The molecule has 0 aliphatic heterocycles. The zero-order chi connectivity index (χ0) is 12.9. The Morgan fingerprint density at radius 1 is 1.35 bits per heavy atom. The van der Waals surface area contributed by atoms with Gasteiger partial charge in [-0.05, 0) is 26.3 Å². The SMILES string of the molecule is CC(C)(C)OC(=O)NC[C@H](N)c1ccccc1. The molecule has 0 heterocycles. The van der Waals surface area contributed by atoms with Crippen molar-refractivity contribution in [3.63, 3.8) is 0 Å². The van der Waals surface area contributed by atoms with Crippen LogP contribution in [0.1, 0.15) is 32.4 Å². The van der Waals surface area contributed by atoms with Crippen molar-refractivity contribution in [3.8, 4) is 0 Å². The van der Waals surface area contributed by atoms with E-state index in [4.69, 9.17) is 10.5 Å². The van der Waals surface area contributed by atoms with Gasteiger partial charge in [-0.15, -0.1) is 0 Å². The standard InChI is InChI=1S/C13H20N2O2/c1-13(2,3)17-12(16)15-9-11(14)10-7-5-4-6-8-10/h4-8,11H,9,14H2,1-3H3,(H,15,16)/t11-/m0/s1. The average Bonchev–Trinajstić information content (AvgIpc) is 2.25. The van der Waals surface area contributed by atoms with Crippen molar-refractivity contribution in [2.75, 3.05) is 6.54 Å². The van der Waals surface area contributed by atoms with Crippen LogP contribution in [-0.4, -0.2) is 18.2 Å². The first kappa shape index (κ1) is 13.5. The minimum atomic E-state index is -0.485. The van der Waals surface area contributed by atoms with Crippen molar-refractivity contribution >= 4 is 6.09 Å². The molecule has 3 N–H and O–H groups in total. The van der Waals surface area contributed by atoms with E-state index in [1.54, 1.807) is 0 Å². The van der Waals surface area contributed by atoms with Crippen LogP contribution in [0.3, 0.4) is 0 Å². The molecule has 94 valence electrons. The van der Waals surface area contributed by atoms with Gasteiger partial charge in [0.25, 0.3) is 0 Å². The zero-order valence-electron chi connectivity index (χ0n) is 10.6. The number of rotatable bonds is 3. The third-order valence-corrected chi connectivity index (χ3v) is 2.09. The molecule has 17 heavy (non-hydrogen) atoms. The first-order valence-corrected chi connectivity index (χ1v) is 5.66. The first-order chi connectivity index (χ1) is 7.88. The van der Waals surface area contributed by atoms with Crippen molar-refractivity contribution in [1.82, 2.24) is 5.32 Å². The van der Waals surface area contributed by atoms with Crippen LogP contribution in [0.25, 0.3) is 0 Å². The monoisotopic (exact) mass is 236 g/mol. The zero-order valence-corrected chi connectivity index (χ0v) is 10.6. The van der Waals surface area contributed by atoms with E-state index in [9.17, 15) is 4.79 Å². The van der Waals surface area contributed by atoms with Gasteiger partial charge in [-0.2, -0.15) is 0 Å². The molecule has 0 spiro atoms. The number of amides is 1. The van der Waals surface area contributed by atoms with Crippen LogP contribution in [0.5, 0.6) is 0 Å². The lowest BCUT2D eigenvalue weighted by molar-refractivity contribution is 0.0524. The lowest BCUT2D eigenvalue weighted by Crippen LogP contribution is -2.36. The number of hydrogen-bond donors (Lipinski definition) is 2. The Bertz CT molecular complexity index is 357. The third kappa shape index (κ3) is 5.36. The van der Waals surface area contributed by atoms with Crippen LogP contribution in [0, 0.1) is 0 Å². The minimum absolute atomic E-state index is 0.219. The molecule has 1 amide bonds. The molecule has 0 unspecified atom stereocenters. The molecule has 0 aliphatic carbocycles. The van der Waals surface area contributed by atoms with Gasteiger partial charge in [-0.3, -0.25) is 0 Å². The third-order valence-electron chi connectivity index (χ3n) is 2.09. The minimum Gasteiger partial charge on any atom is -0.444 e. The summed E-state index contributed by atoms with van der Waals surface area (Å²) >= 11 is 0. The summed E-state index contributed by atoms with van der Waals surface area (Å²) in [5.74, 6) is 0. The fourth-order valence-electron chi connectivity index (χ4n) is 1.33. The normalized spacial score (nSPS) is 12.9. The highest BCUT2D eigenvalue weighted by molar-refractivity contribution is 5.67. The Morgan fingerprint density at radius 2 is 1.94 bits per heavy atom. The van der Waals surface area contributed by atoms with E-state index in [0.29, 0.717) is 6.54 Å². The molecule has 1 atom stereocenters. The maximum atomic E-state index is 11.4. The molecule has 1 aromatic rings. The molecule has 0 bridgehead atoms. The van der Waals surface area contributed by atoms with Crippen molar-refractivity contribution in [1.29, 1.82) is 0 Å². The Labute approximate surface area is 102 Å². The Balaban J connectivity index is 2.39. The summed E-state index contributed by atoms with van der Waals surface area (Å²) in [7, 11) is 0. The Morgan fingerprint density at radius 3 is 2.47 bits per heavy atom. The average molecular weight is 236 g/mol. The first-order valence-electron chi connectivity index (χ1n) is 5.66. The smallest absolute Gasteiger partial charge is 0.407 e. The molecule has 4 heteroatoms. The van der Waals surface area contributed by atoms with Crippen molar-refractivity contribution in [2.24, 2.45) is 5.73 Å². The highest BCUT2D eigenvalue weighted by Gasteiger charge is 2.16. The Kier molecular flexibility index (Phi) is 4.52. The van der Waals surface area contributed by atoms with Gasteiger partial charge < -0.3 is 15.8 Å². The second-order valence-electron chi connectivity index (χ2n) is 4.90. The van der Waals surface area contributed by atoms with Gasteiger partial charge in [0, 0.05) is 12.6 Å². The molecule has 1 rings (SSSR count). The summed E-state index contributed by atoms with van der Waals surface area (Å²) in [6.07, 6.45) is -0.441. The number of nitrogens with one attached hydrogen (secondary N) is 1. The van der Waals surface area contributed by atoms with E-state index in [0.717, 1.165) is 5.56 Å². The maximum Gasteiger partial charge on any atom is 0.407 e. The lowest BCUT2D eigenvalue weighted by atomic mass is 10.1. The quantitative estimate of drug-likeness (QED) is 0.845. The van der Waals surface area contributed by atoms with E-state index < -0.39 is 11.7 Å². The van der Waals surface area contributed by atoms with E-state index in [1.807, 2.05) is 51.1 Å². The fourth-order valence-corrected chi connectivity index (χ4v) is 1.33. The molecule has 4 nitrogen and oxygen atoms in total. The van der Waals surface area contributed by atoms with Crippen LogP contribution >= 0.6 is 0 Å². The Hall–Kier alpha value is -1.55. The molecule has 0 saturated heterocycles. The van der Waals surface area contributed by atoms with Crippen molar-refractivity contribution in [2.45, 2.75) is 32.4 Å². The molecule has 1 aromatic carbocycles. The topological polar surface area (TPSA) is 64.3 Å². The number of benzene rings is 1. The van der Waals surface area contributed by atoms with Gasteiger partial charge in [0.05, 0.1) is 0 Å². The summed E-state index contributed by atoms with van der Waals surface area (Å²) in [6.45, 7) is 5.83. The van der Waals surface area contributed by atoms with E-state index in [-0.39, 0.29) is 6.04 Å². The number of hydrogen-bond acceptors (Lipinski definition) is 3. The summed E-state index contributed by atoms with van der Waals surface area (Å²) in [5.41, 5.74) is 6.44. The van der Waals surface area contributed by atoms with Crippen LogP contribution in [0.2, 0.25) is 0 Å². The largest absolute Gasteiger partial charge is 0.444 e. The number of carbonyl (C=O) groups excluding carboxylic acids is 1. The number of alkyl carbamates (subject to hydrolysis) is 1. The second-order valence-corrected chi connectivity index (χ2v) is 4.90. The number of nitrogens with two attached hydrogens (primary N) is 1. The molecule has 0 fully saturated rings. The maximum absolute atomic E-state index is 11.4. The van der Waals surface area contributed by atoms with Gasteiger partial charge in [0.1, 0.15) is 5.60 Å². The van der Waals surface area contributed by atoms with Crippen LogP contribution in [-0.2, 0) is 4.74 Å². The van der Waals surface area contributed by atoms with Gasteiger partial charge in [0.2, 0.25) is 0 Å². The van der Waals surface area contributed by atoms with E-state index in [2.05, 4.69) is 5.32 Å². The van der Waals surface area contributed by atoms with E-state index >= 15 is 0 Å². The van der Waals surface area contributed by atoms with Crippen LogP contribution in [0.4, 0.5) is 4.79 Å². The van der Waals surface area contributed by atoms with Crippen molar-refractivity contribution in [3.05, 3.63) is 35.9 Å². The van der Waals surface area contributed by atoms with Crippen molar-refractivity contribution < 1.29 is 9.53 Å². The molecule has 0 saturated carbocycles. The summed E-state index contributed by atoms with van der Waals surface area (Å²) in [5, 5.41) is 2.65. The van der Waals surface area contributed by atoms with Gasteiger partial charge in [-0.25, -0.2) is 4.79 Å². The summed E-state index contributed by atoms with van der Waals surface area (Å²) < 4.78 is 5.12. The van der Waals surface area contributed by atoms with Gasteiger partial charge in [0.15, 0.2) is 0 Å². The number of ether oxygens (including phenoxy) is 1. The number of carbonyl (C=O) groups is 1. The van der Waals surface area contributed by atoms with Crippen LogP contribution in [0.15, 0.2) is 30.3 Å². The molecular formula is C13H20N2O2. The van der Waals surface area contributed by atoms with Crippen LogP contribution < -0.4 is 11.1 Å². The predicted molar refractivity (Wildman–Crippen MR) is 67.6 cm³/mol. The second kappa shape index (κ2) is 5.68. The fraction of sp³-hybridized carbons (Fsp3) is 0.462. The summed E-state index contributed by atoms with van der Waals surface area (Å²) in [4.78, 5) is 11.4. The van der Waals surface area contributed by atoms with Gasteiger partial charge >= 0.3 is 6.09 Å². The van der Waals surface area contributed by atoms with E-state index in [1.165, 1.54) is 0 Å². The molecule has 0 radical (unpaired) electrons. The summed E-state index contributed by atoms with van der Waals surface area (Å²) in [6, 6.07) is 9.41. The highest BCUT2D eigenvalue weighted by atomic mass is 16.6. The molecule has 0 aromatic heterocycles. The predicted octanol–water partition coefficient (Wildman–Crippen LogP) is 2.21. The van der Waals surface area contributed by atoms with Gasteiger partial charge in [-0.1, -0.05) is 30.3 Å². The lowest BCUT2D eigenvalue weighted by Gasteiger charge is -2.20. The molecular weight excluding hydrogens is 216 g/mol. The molecule has 0 aliphatic rings.